The summed E-state index contributed by atoms with van der Waals surface area (Å²) in [7, 11) is 1.47. The zero-order valence-corrected chi connectivity index (χ0v) is 16.4. The molecular formula is C21H27N3O4. The monoisotopic (exact) mass is 385 g/mol. The van der Waals surface area contributed by atoms with E-state index < -0.39 is 0 Å². The van der Waals surface area contributed by atoms with E-state index in [1.54, 1.807) is 12.1 Å². The van der Waals surface area contributed by atoms with Gasteiger partial charge in [0.05, 0.1) is 24.0 Å². The van der Waals surface area contributed by atoms with Crippen molar-refractivity contribution in [1.82, 2.24) is 4.90 Å². The van der Waals surface area contributed by atoms with Gasteiger partial charge in [0.25, 0.3) is 5.69 Å². The number of hydrogen-bond donors (Lipinski definition) is 1. The Bertz CT molecular complexity index is 858. The summed E-state index contributed by atoms with van der Waals surface area (Å²) in [5.41, 5.74) is 1.90. The number of piperidine rings is 1. The van der Waals surface area contributed by atoms with Crippen LogP contribution in [0.25, 0.3) is 0 Å². The molecule has 0 bridgehead atoms. The molecule has 1 saturated carbocycles. The van der Waals surface area contributed by atoms with Crippen LogP contribution >= 0.6 is 0 Å². The predicted octanol–water partition coefficient (Wildman–Crippen LogP) is 3.08. The molecule has 1 aromatic carbocycles. The van der Waals surface area contributed by atoms with Crippen LogP contribution in [0.5, 0.6) is 0 Å². The summed E-state index contributed by atoms with van der Waals surface area (Å²) < 4.78 is 5.23. The van der Waals surface area contributed by atoms with Crippen LogP contribution < -0.4 is 5.32 Å². The summed E-state index contributed by atoms with van der Waals surface area (Å²) in [4.78, 5) is 26.6. The second-order valence-electron chi connectivity index (χ2n) is 8.99. The van der Waals surface area contributed by atoms with Gasteiger partial charge in [0.2, 0.25) is 0 Å². The molecule has 1 aliphatic carbocycles. The van der Waals surface area contributed by atoms with Crippen LogP contribution in [0.4, 0.5) is 11.4 Å². The standard InChI is InChI=1S/C21H27N3O4/c1-3-20-7-4-9-23-10-8-21(19(20)23)15-11-13(24(26)27)5-6-16(15)22-17(21)14(12-20)18(25)28-2/h5-6,11,14,17,19,22H,3-4,7-10,12H2,1-2H3/t14?,17-,19+,20+,21-/m1/s1. The van der Waals surface area contributed by atoms with Crippen molar-refractivity contribution in [2.75, 3.05) is 25.5 Å². The number of nitrogens with zero attached hydrogens (tertiary/aromatic N) is 2. The highest BCUT2D eigenvalue weighted by Crippen LogP contribution is 2.65. The van der Waals surface area contributed by atoms with Gasteiger partial charge < -0.3 is 10.1 Å². The lowest BCUT2D eigenvalue weighted by Gasteiger charge is -2.59. The van der Waals surface area contributed by atoms with Gasteiger partial charge in [-0.2, -0.15) is 0 Å². The first-order valence-electron chi connectivity index (χ1n) is 10.3. The van der Waals surface area contributed by atoms with Gasteiger partial charge in [-0.05, 0) is 62.2 Å². The van der Waals surface area contributed by atoms with Crippen molar-refractivity contribution in [3.05, 3.63) is 33.9 Å². The number of methoxy groups -OCH3 is 1. The Hall–Kier alpha value is -2.15. The second-order valence-corrected chi connectivity index (χ2v) is 8.99. The largest absolute Gasteiger partial charge is 0.469 e. The van der Waals surface area contributed by atoms with Gasteiger partial charge in [-0.25, -0.2) is 0 Å². The molecule has 0 radical (unpaired) electrons. The molecule has 1 aromatic rings. The molecule has 7 heteroatoms. The zero-order valence-electron chi connectivity index (χ0n) is 16.4. The molecule has 1 N–H and O–H groups in total. The predicted molar refractivity (Wildman–Crippen MR) is 104 cm³/mol. The van der Waals surface area contributed by atoms with Crippen LogP contribution in [0.3, 0.4) is 0 Å². The van der Waals surface area contributed by atoms with E-state index in [-0.39, 0.29) is 39.4 Å². The van der Waals surface area contributed by atoms with Crippen molar-refractivity contribution >= 4 is 17.3 Å². The van der Waals surface area contributed by atoms with E-state index in [9.17, 15) is 14.9 Å². The number of nitro benzene ring substituents is 1. The van der Waals surface area contributed by atoms with Gasteiger partial charge in [-0.1, -0.05) is 6.92 Å². The number of nitro groups is 1. The van der Waals surface area contributed by atoms with Crippen LogP contribution in [0, 0.1) is 21.4 Å². The van der Waals surface area contributed by atoms with Crippen molar-refractivity contribution in [3.63, 3.8) is 0 Å². The third-order valence-corrected chi connectivity index (χ3v) is 8.18. The first-order valence-corrected chi connectivity index (χ1v) is 10.3. The molecule has 3 aliphatic heterocycles. The Morgan fingerprint density at radius 2 is 2.21 bits per heavy atom. The maximum Gasteiger partial charge on any atom is 0.310 e. The molecule has 7 nitrogen and oxygen atoms in total. The third-order valence-electron chi connectivity index (χ3n) is 8.18. The molecule has 5 atom stereocenters. The Kier molecular flexibility index (Phi) is 3.79. The fourth-order valence-corrected chi connectivity index (χ4v) is 7.21. The molecule has 1 spiro atoms. The number of ether oxygens (including phenoxy) is 1. The Morgan fingerprint density at radius 1 is 1.39 bits per heavy atom. The maximum atomic E-state index is 12.9. The molecule has 150 valence electrons. The van der Waals surface area contributed by atoms with E-state index in [1.165, 1.54) is 7.11 Å². The highest BCUT2D eigenvalue weighted by molar-refractivity contribution is 5.78. The summed E-state index contributed by atoms with van der Waals surface area (Å²) in [5, 5.41) is 15.1. The van der Waals surface area contributed by atoms with Crippen LogP contribution in [-0.4, -0.2) is 48.1 Å². The SMILES string of the molecule is CC[C@]12CCCN3CC[C@]4(c5cc([N+](=O)[O-])ccc5N[C@@H]4C(C(=O)OC)C1)[C@@H]32. The summed E-state index contributed by atoms with van der Waals surface area (Å²) in [6.07, 6.45) is 5.02. The number of fused-ring (bicyclic) bond motifs is 1. The van der Waals surface area contributed by atoms with E-state index in [0.717, 1.165) is 56.4 Å². The van der Waals surface area contributed by atoms with E-state index in [4.69, 9.17) is 4.74 Å². The molecule has 3 heterocycles. The molecule has 1 unspecified atom stereocenters. The lowest BCUT2D eigenvalue weighted by molar-refractivity contribution is -0.384. The fourth-order valence-electron chi connectivity index (χ4n) is 7.21. The first kappa shape index (κ1) is 17.9. The number of rotatable bonds is 3. The van der Waals surface area contributed by atoms with Gasteiger partial charge in [0.15, 0.2) is 0 Å². The number of nitrogens with one attached hydrogen (secondary N) is 1. The van der Waals surface area contributed by atoms with Crippen molar-refractivity contribution < 1.29 is 14.5 Å². The summed E-state index contributed by atoms with van der Waals surface area (Å²) >= 11 is 0. The summed E-state index contributed by atoms with van der Waals surface area (Å²) in [6, 6.07) is 5.41. The second kappa shape index (κ2) is 5.92. The molecule has 5 rings (SSSR count). The number of hydrogen-bond acceptors (Lipinski definition) is 6. The molecule has 0 amide bonds. The van der Waals surface area contributed by atoms with E-state index in [1.807, 2.05) is 6.07 Å². The van der Waals surface area contributed by atoms with Crippen molar-refractivity contribution in [1.29, 1.82) is 0 Å². The average Bonchev–Trinajstić information content (AvgIpc) is 3.27. The Morgan fingerprint density at radius 3 is 2.93 bits per heavy atom. The van der Waals surface area contributed by atoms with Crippen molar-refractivity contribution in [2.45, 2.75) is 56.5 Å². The number of carbonyl (C=O) groups is 1. The van der Waals surface area contributed by atoms with E-state index >= 15 is 0 Å². The zero-order chi connectivity index (χ0) is 19.7. The minimum Gasteiger partial charge on any atom is -0.469 e. The van der Waals surface area contributed by atoms with Crippen LogP contribution in [0.1, 0.15) is 44.6 Å². The number of esters is 1. The third kappa shape index (κ3) is 2.05. The van der Waals surface area contributed by atoms with Crippen LogP contribution in [0.15, 0.2) is 18.2 Å². The van der Waals surface area contributed by atoms with Crippen LogP contribution in [0.2, 0.25) is 0 Å². The van der Waals surface area contributed by atoms with Gasteiger partial charge in [-0.15, -0.1) is 0 Å². The smallest absolute Gasteiger partial charge is 0.310 e. The summed E-state index contributed by atoms with van der Waals surface area (Å²) in [5.74, 6) is -0.389. The number of carbonyl (C=O) groups excluding carboxylic acids is 1. The molecule has 0 aromatic heterocycles. The lowest BCUT2D eigenvalue weighted by atomic mass is 9.49. The topological polar surface area (TPSA) is 84.7 Å². The minimum atomic E-state index is -0.314. The highest BCUT2D eigenvalue weighted by atomic mass is 16.6. The minimum absolute atomic E-state index is 0.0536. The lowest BCUT2D eigenvalue weighted by Crippen LogP contribution is -2.67. The first-order chi connectivity index (χ1) is 13.5. The van der Waals surface area contributed by atoms with E-state index in [0.29, 0.717) is 6.04 Å². The average molecular weight is 385 g/mol. The fraction of sp³-hybridized carbons (Fsp3) is 0.667. The van der Waals surface area contributed by atoms with Gasteiger partial charge >= 0.3 is 5.97 Å². The van der Waals surface area contributed by atoms with Gasteiger partial charge in [0, 0.05) is 29.3 Å². The van der Waals surface area contributed by atoms with Crippen molar-refractivity contribution in [3.8, 4) is 0 Å². The van der Waals surface area contributed by atoms with Crippen LogP contribution in [-0.2, 0) is 14.9 Å². The van der Waals surface area contributed by atoms with Gasteiger partial charge in [0.1, 0.15) is 0 Å². The normalized spacial score (nSPS) is 38.1. The molecule has 2 saturated heterocycles. The molecule has 28 heavy (non-hydrogen) atoms. The Balaban J connectivity index is 1.74. The number of benzene rings is 1. The van der Waals surface area contributed by atoms with Crippen molar-refractivity contribution in [2.24, 2.45) is 11.3 Å². The molecule has 3 fully saturated rings. The molecule has 4 aliphatic rings. The summed E-state index contributed by atoms with van der Waals surface area (Å²) in [6.45, 7) is 4.30. The van der Waals surface area contributed by atoms with E-state index in [2.05, 4.69) is 17.1 Å². The molecular weight excluding hydrogens is 358 g/mol. The maximum absolute atomic E-state index is 12.9. The Labute approximate surface area is 164 Å². The highest BCUT2D eigenvalue weighted by Gasteiger charge is 2.69. The number of anilines is 1. The number of non-ortho nitro benzene ring substituents is 1. The quantitative estimate of drug-likeness (QED) is 0.489. The van der Waals surface area contributed by atoms with Gasteiger partial charge in [-0.3, -0.25) is 19.8 Å².